The third-order valence-electron chi connectivity index (χ3n) is 6.19. The summed E-state index contributed by atoms with van der Waals surface area (Å²) in [5, 5.41) is 3.23. The standard InChI is InChI=1S/C25H33N3O2/c1-18-4-6-21(7-5-18)24(17-27-12-14-30-15-13-27)26-25(29)11-8-22-16-19(2)28(20(22)3)23-9-10-23/h4-8,11,16,23-24H,9-10,12-15,17H2,1-3H3,(H,26,29)/b11-8+/t24-/m1/s1. The van der Waals surface area contributed by atoms with E-state index in [4.69, 9.17) is 4.74 Å². The molecule has 160 valence electrons. The first-order valence-electron chi connectivity index (χ1n) is 11.0. The smallest absolute Gasteiger partial charge is 0.244 e. The largest absolute Gasteiger partial charge is 0.379 e. The number of nitrogens with zero attached hydrogens (tertiary/aromatic N) is 2. The van der Waals surface area contributed by atoms with Crippen LogP contribution in [0, 0.1) is 20.8 Å². The molecule has 1 aliphatic heterocycles. The molecule has 5 nitrogen and oxygen atoms in total. The van der Waals surface area contributed by atoms with E-state index in [2.05, 4.69) is 65.9 Å². The van der Waals surface area contributed by atoms with Crippen molar-refractivity contribution in [2.45, 2.75) is 45.7 Å². The molecule has 1 N–H and O–H groups in total. The zero-order chi connectivity index (χ0) is 21.1. The summed E-state index contributed by atoms with van der Waals surface area (Å²) in [5.74, 6) is -0.0509. The summed E-state index contributed by atoms with van der Waals surface area (Å²) >= 11 is 0. The van der Waals surface area contributed by atoms with Gasteiger partial charge in [-0.1, -0.05) is 29.8 Å². The van der Waals surface area contributed by atoms with Gasteiger partial charge in [0.15, 0.2) is 0 Å². The van der Waals surface area contributed by atoms with Crippen molar-refractivity contribution in [2.24, 2.45) is 0 Å². The summed E-state index contributed by atoms with van der Waals surface area (Å²) in [6, 6.07) is 11.2. The van der Waals surface area contributed by atoms with Gasteiger partial charge in [0.1, 0.15) is 0 Å². The number of carbonyl (C=O) groups is 1. The van der Waals surface area contributed by atoms with Crippen molar-refractivity contribution < 1.29 is 9.53 Å². The van der Waals surface area contributed by atoms with Gasteiger partial charge in [-0.05, 0) is 56.9 Å². The van der Waals surface area contributed by atoms with Crippen LogP contribution in [0.3, 0.4) is 0 Å². The van der Waals surface area contributed by atoms with Crippen LogP contribution < -0.4 is 5.32 Å². The highest BCUT2D eigenvalue weighted by Gasteiger charge is 2.26. The van der Waals surface area contributed by atoms with Gasteiger partial charge in [0.05, 0.1) is 19.3 Å². The van der Waals surface area contributed by atoms with Gasteiger partial charge in [-0.25, -0.2) is 0 Å². The highest BCUT2D eigenvalue weighted by atomic mass is 16.5. The fourth-order valence-corrected chi connectivity index (χ4v) is 4.33. The summed E-state index contributed by atoms with van der Waals surface area (Å²) in [7, 11) is 0. The maximum Gasteiger partial charge on any atom is 0.244 e. The van der Waals surface area contributed by atoms with Gasteiger partial charge in [-0.3, -0.25) is 9.69 Å². The molecule has 0 spiro atoms. The Hall–Kier alpha value is -2.37. The first-order chi connectivity index (χ1) is 14.5. The van der Waals surface area contributed by atoms with Gasteiger partial charge in [0.2, 0.25) is 5.91 Å². The Morgan fingerprint density at radius 1 is 1.17 bits per heavy atom. The monoisotopic (exact) mass is 407 g/mol. The van der Waals surface area contributed by atoms with Gasteiger partial charge in [0.25, 0.3) is 0 Å². The highest BCUT2D eigenvalue weighted by Crippen LogP contribution is 2.38. The summed E-state index contributed by atoms with van der Waals surface area (Å²) < 4.78 is 7.88. The van der Waals surface area contributed by atoms with E-state index >= 15 is 0 Å². The maximum atomic E-state index is 12.8. The highest BCUT2D eigenvalue weighted by molar-refractivity contribution is 5.92. The number of hydrogen-bond acceptors (Lipinski definition) is 3. The number of ether oxygens (including phenoxy) is 1. The molecule has 5 heteroatoms. The van der Waals surface area contributed by atoms with Crippen LogP contribution in [-0.4, -0.2) is 48.2 Å². The average Bonchev–Trinajstić information content (AvgIpc) is 3.52. The molecule has 30 heavy (non-hydrogen) atoms. The molecule has 1 aliphatic carbocycles. The number of morpholine rings is 1. The van der Waals surface area contributed by atoms with E-state index in [-0.39, 0.29) is 11.9 Å². The van der Waals surface area contributed by atoms with Gasteiger partial charge in [-0.15, -0.1) is 0 Å². The quantitative estimate of drug-likeness (QED) is 0.707. The number of benzene rings is 1. The van der Waals surface area contributed by atoms with Gasteiger partial charge < -0.3 is 14.6 Å². The second-order valence-electron chi connectivity index (χ2n) is 8.65. The third kappa shape index (κ3) is 5.02. The number of amides is 1. The molecule has 1 saturated carbocycles. The first kappa shape index (κ1) is 20.9. The minimum absolute atomic E-state index is 0.0419. The van der Waals surface area contributed by atoms with Crippen LogP contribution in [0.15, 0.2) is 36.4 Å². The second kappa shape index (κ2) is 9.19. The number of rotatable bonds is 7. The molecule has 0 radical (unpaired) electrons. The fourth-order valence-electron chi connectivity index (χ4n) is 4.33. The van der Waals surface area contributed by atoms with Crippen LogP contribution in [0.4, 0.5) is 0 Å². The van der Waals surface area contributed by atoms with E-state index in [1.165, 1.54) is 29.8 Å². The number of aryl methyl sites for hydroxylation is 2. The Bertz CT molecular complexity index is 903. The lowest BCUT2D eigenvalue weighted by Gasteiger charge is -2.31. The first-order valence-corrected chi connectivity index (χ1v) is 11.0. The number of carbonyl (C=O) groups excluding carboxylic acids is 1. The van der Waals surface area contributed by atoms with Crippen molar-refractivity contribution in [2.75, 3.05) is 32.8 Å². The Balaban J connectivity index is 1.46. The van der Waals surface area contributed by atoms with Gasteiger partial charge in [-0.2, -0.15) is 0 Å². The molecule has 2 fully saturated rings. The molecule has 1 aromatic heterocycles. The van der Waals surface area contributed by atoms with E-state index in [9.17, 15) is 4.79 Å². The van der Waals surface area contributed by atoms with Crippen LogP contribution in [0.5, 0.6) is 0 Å². The zero-order valence-electron chi connectivity index (χ0n) is 18.4. The van der Waals surface area contributed by atoms with Crippen LogP contribution in [0.25, 0.3) is 6.08 Å². The summed E-state index contributed by atoms with van der Waals surface area (Å²) in [6.07, 6.45) is 6.16. The summed E-state index contributed by atoms with van der Waals surface area (Å²) in [4.78, 5) is 15.2. The molecule has 2 aromatic rings. The molecule has 1 aromatic carbocycles. The number of nitrogens with one attached hydrogen (secondary N) is 1. The minimum Gasteiger partial charge on any atom is -0.379 e. The lowest BCUT2D eigenvalue weighted by molar-refractivity contribution is -0.117. The number of hydrogen-bond donors (Lipinski definition) is 1. The normalized spacial score (nSPS) is 18.6. The summed E-state index contributed by atoms with van der Waals surface area (Å²) in [5.41, 5.74) is 6.03. The van der Waals surface area contributed by atoms with Crippen molar-refractivity contribution in [3.05, 3.63) is 64.5 Å². The predicted molar refractivity (Wildman–Crippen MR) is 121 cm³/mol. The lowest BCUT2D eigenvalue weighted by Crippen LogP contribution is -2.42. The van der Waals surface area contributed by atoms with E-state index in [0.29, 0.717) is 6.04 Å². The SMILES string of the molecule is Cc1ccc([C@@H](CN2CCOCC2)NC(=O)/C=C/c2cc(C)n(C3CC3)c2C)cc1. The van der Waals surface area contributed by atoms with Crippen LogP contribution >= 0.6 is 0 Å². The molecule has 0 bridgehead atoms. The number of aromatic nitrogens is 1. The molecule has 0 unspecified atom stereocenters. The molecule has 2 heterocycles. The second-order valence-corrected chi connectivity index (χ2v) is 8.65. The lowest BCUT2D eigenvalue weighted by atomic mass is 10.0. The maximum absolute atomic E-state index is 12.8. The van der Waals surface area contributed by atoms with Crippen molar-refractivity contribution in [1.29, 1.82) is 0 Å². The van der Waals surface area contributed by atoms with E-state index < -0.39 is 0 Å². The molecule has 2 aliphatic rings. The Kier molecular flexibility index (Phi) is 6.40. The molecular weight excluding hydrogens is 374 g/mol. The van der Waals surface area contributed by atoms with Crippen molar-refractivity contribution in [3.8, 4) is 0 Å². The van der Waals surface area contributed by atoms with Crippen LogP contribution in [0.1, 0.15) is 53.0 Å². The Morgan fingerprint density at radius 3 is 2.53 bits per heavy atom. The zero-order valence-corrected chi connectivity index (χ0v) is 18.4. The van der Waals surface area contributed by atoms with Crippen LogP contribution in [0.2, 0.25) is 0 Å². The van der Waals surface area contributed by atoms with E-state index in [0.717, 1.165) is 44.0 Å². The van der Waals surface area contributed by atoms with Crippen LogP contribution in [-0.2, 0) is 9.53 Å². The fraction of sp³-hybridized carbons (Fsp3) is 0.480. The molecule has 4 rings (SSSR count). The van der Waals surface area contributed by atoms with Gasteiger partial charge >= 0.3 is 0 Å². The molecule has 1 saturated heterocycles. The third-order valence-corrected chi connectivity index (χ3v) is 6.19. The molecular formula is C25H33N3O2. The molecule has 1 atom stereocenters. The van der Waals surface area contributed by atoms with Crippen molar-refractivity contribution >= 4 is 12.0 Å². The molecule has 1 amide bonds. The minimum atomic E-state index is -0.0509. The topological polar surface area (TPSA) is 46.5 Å². The summed E-state index contributed by atoms with van der Waals surface area (Å²) in [6.45, 7) is 10.5. The van der Waals surface area contributed by atoms with E-state index in [1.54, 1.807) is 6.08 Å². The predicted octanol–water partition coefficient (Wildman–Crippen LogP) is 3.95. The average molecular weight is 408 g/mol. The van der Waals surface area contributed by atoms with Crippen molar-refractivity contribution in [1.82, 2.24) is 14.8 Å². The van der Waals surface area contributed by atoms with E-state index in [1.807, 2.05) is 6.08 Å². The van der Waals surface area contributed by atoms with Gasteiger partial charge in [0, 0.05) is 43.1 Å². The Morgan fingerprint density at radius 2 is 1.87 bits per heavy atom. The van der Waals surface area contributed by atoms with Crippen molar-refractivity contribution in [3.63, 3.8) is 0 Å². The Labute approximate surface area is 179 Å².